The Morgan fingerprint density at radius 1 is 1.45 bits per heavy atom. The summed E-state index contributed by atoms with van der Waals surface area (Å²) >= 11 is 13.0. The van der Waals surface area contributed by atoms with Crippen molar-refractivity contribution in [2.75, 3.05) is 5.73 Å². The van der Waals surface area contributed by atoms with Gasteiger partial charge in [-0.15, -0.1) is 11.3 Å². The molecule has 2 rings (SSSR count). The first-order valence-electron chi connectivity index (χ1n) is 6.02. The second-order valence-corrected chi connectivity index (χ2v) is 6.11. The lowest BCUT2D eigenvalue weighted by Gasteiger charge is -2.01. The Bertz CT molecular complexity index is 788. The van der Waals surface area contributed by atoms with Crippen LogP contribution < -0.4 is 11.2 Å². The number of nitrogen functional groups attached to an aromatic ring is 1. The Balaban J connectivity index is 2.17. The number of anilines is 1. The Morgan fingerprint density at radius 3 is 2.64 bits per heavy atom. The molecule has 1 amide bonds. The van der Waals surface area contributed by atoms with Crippen molar-refractivity contribution in [1.29, 1.82) is 5.26 Å². The molecule has 0 unspecified atom stereocenters. The first-order valence-corrected chi connectivity index (χ1v) is 7.59. The molecule has 0 radical (unpaired) electrons. The number of hydrogen-bond donors (Lipinski definition) is 2. The molecule has 0 aliphatic heterocycles. The molecule has 0 fully saturated rings. The van der Waals surface area contributed by atoms with Gasteiger partial charge in [0.15, 0.2) is 0 Å². The standard InChI is InChI=1S/C14H10Cl2N4OS/c1-7-8(5-17)13(18)22-12(7)14(21)20-19-6-9-10(15)3-2-4-11(9)16/h2-4,6H,18H2,1H3,(H,20,21)/b19-6+. The highest BCUT2D eigenvalue weighted by Crippen LogP contribution is 2.29. The lowest BCUT2D eigenvalue weighted by molar-refractivity contribution is 0.0958. The van der Waals surface area contributed by atoms with Crippen molar-refractivity contribution >= 4 is 51.7 Å². The molecule has 0 saturated heterocycles. The van der Waals surface area contributed by atoms with E-state index in [4.69, 9.17) is 34.2 Å². The normalized spacial score (nSPS) is 10.6. The highest BCUT2D eigenvalue weighted by Gasteiger charge is 2.18. The van der Waals surface area contributed by atoms with Crippen molar-refractivity contribution in [1.82, 2.24) is 5.43 Å². The zero-order valence-corrected chi connectivity index (χ0v) is 13.7. The zero-order valence-electron chi connectivity index (χ0n) is 11.4. The largest absolute Gasteiger partial charge is 0.389 e. The Labute approximate surface area is 141 Å². The van der Waals surface area contributed by atoms with Crippen LogP contribution in [0.3, 0.4) is 0 Å². The Hall–Kier alpha value is -2.07. The molecule has 1 aromatic carbocycles. The van der Waals surface area contributed by atoms with E-state index < -0.39 is 5.91 Å². The molecule has 3 N–H and O–H groups in total. The van der Waals surface area contributed by atoms with Gasteiger partial charge in [0.2, 0.25) is 0 Å². The van der Waals surface area contributed by atoms with Gasteiger partial charge in [0.1, 0.15) is 15.9 Å². The summed E-state index contributed by atoms with van der Waals surface area (Å²) in [6.07, 6.45) is 1.36. The summed E-state index contributed by atoms with van der Waals surface area (Å²) in [6.45, 7) is 1.66. The number of nitrogens with one attached hydrogen (secondary N) is 1. The second kappa shape index (κ2) is 6.79. The van der Waals surface area contributed by atoms with Crippen molar-refractivity contribution in [3.8, 4) is 6.07 Å². The fourth-order valence-electron chi connectivity index (χ4n) is 1.73. The van der Waals surface area contributed by atoms with E-state index in [-0.39, 0.29) is 0 Å². The molecule has 22 heavy (non-hydrogen) atoms. The van der Waals surface area contributed by atoms with E-state index in [0.717, 1.165) is 11.3 Å². The first-order chi connectivity index (χ1) is 10.5. The van der Waals surface area contributed by atoms with Crippen LogP contribution in [0.5, 0.6) is 0 Å². The molecule has 0 atom stereocenters. The Morgan fingerprint density at radius 2 is 2.09 bits per heavy atom. The highest BCUT2D eigenvalue weighted by molar-refractivity contribution is 7.18. The minimum atomic E-state index is -0.449. The number of carbonyl (C=O) groups is 1. The van der Waals surface area contributed by atoms with E-state index in [9.17, 15) is 4.79 Å². The van der Waals surface area contributed by atoms with Crippen LogP contribution in [-0.2, 0) is 0 Å². The van der Waals surface area contributed by atoms with Gasteiger partial charge in [-0.1, -0.05) is 29.3 Å². The third kappa shape index (κ3) is 3.22. The lowest BCUT2D eigenvalue weighted by atomic mass is 10.2. The maximum absolute atomic E-state index is 12.1. The van der Waals surface area contributed by atoms with Gasteiger partial charge in [0.05, 0.1) is 21.8 Å². The molecule has 0 aliphatic rings. The van der Waals surface area contributed by atoms with Crippen LogP contribution in [0.2, 0.25) is 10.0 Å². The average Bonchev–Trinajstić information content (AvgIpc) is 2.76. The van der Waals surface area contributed by atoms with Gasteiger partial charge >= 0.3 is 0 Å². The van der Waals surface area contributed by atoms with Crippen LogP contribution in [-0.4, -0.2) is 12.1 Å². The van der Waals surface area contributed by atoms with E-state index in [1.165, 1.54) is 6.21 Å². The number of hydrogen-bond acceptors (Lipinski definition) is 5. The molecule has 5 nitrogen and oxygen atoms in total. The average molecular weight is 353 g/mol. The van der Waals surface area contributed by atoms with Crippen LogP contribution in [0.25, 0.3) is 0 Å². The van der Waals surface area contributed by atoms with Crippen LogP contribution in [0.15, 0.2) is 23.3 Å². The molecule has 112 valence electrons. The molecule has 0 spiro atoms. The van der Waals surface area contributed by atoms with Gasteiger partial charge in [-0.3, -0.25) is 4.79 Å². The first kappa shape index (κ1) is 16.3. The number of nitrogens with zero attached hydrogens (tertiary/aromatic N) is 2. The van der Waals surface area contributed by atoms with Crippen molar-refractivity contribution in [3.05, 3.63) is 49.8 Å². The fraction of sp³-hybridized carbons (Fsp3) is 0.0714. The van der Waals surface area contributed by atoms with E-state index >= 15 is 0 Å². The van der Waals surface area contributed by atoms with Crippen LogP contribution in [0.1, 0.15) is 26.4 Å². The van der Waals surface area contributed by atoms with Crippen LogP contribution in [0, 0.1) is 18.3 Å². The van der Waals surface area contributed by atoms with Gasteiger partial charge in [0.25, 0.3) is 5.91 Å². The number of hydrazone groups is 1. The minimum absolute atomic E-state index is 0.309. The number of benzene rings is 1. The molecular formula is C14H10Cl2N4OS. The van der Waals surface area contributed by atoms with Crippen molar-refractivity contribution in [2.24, 2.45) is 5.10 Å². The molecule has 0 aliphatic carbocycles. The van der Waals surface area contributed by atoms with Crippen molar-refractivity contribution in [2.45, 2.75) is 6.92 Å². The van der Waals surface area contributed by atoms with E-state index in [1.54, 1.807) is 25.1 Å². The number of halogens is 2. The maximum Gasteiger partial charge on any atom is 0.281 e. The van der Waals surface area contributed by atoms with Crippen LogP contribution in [0.4, 0.5) is 5.00 Å². The summed E-state index contributed by atoms with van der Waals surface area (Å²) in [5.74, 6) is -0.449. The monoisotopic (exact) mass is 352 g/mol. The smallest absolute Gasteiger partial charge is 0.281 e. The molecule has 1 aromatic heterocycles. The minimum Gasteiger partial charge on any atom is -0.389 e. The van der Waals surface area contributed by atoms with Gasteiger partial charge < -0.3 is 5.73 Å². The van der Waals surface area contributed by atoms with Crippen LogP contribution >= 0.6 is 34.5 Å². The summed E-state index contributed by atoms with van der Waals surface area (Å²) in [5.41, 5.74) is 9.41. The molecule has 0 bridgehead atoms. The number of rotatable bonds is 3. The van der Waals surface area contributed by atoms with Gasteiger partial charge in [-0.2, -0.15) is 10.4 Å². The predicted octanol–water partition coefficient (Wildman–Crippen LogP) is 3.58. The summed E-state index contributed by atoms with van der Waals surface area (Å²) < 4.78 is 0. The summed E-state index contributed by atoms with van der Waals surface area (Å²) in [6, 6.07) is 7.01. The molecule has 0 saturated carbocycles. The predicted molar refractivity (Wildman–Crippen MR) is 89.7 cm³/mol. The maximum atomic E-state index is 12.1. The van der Waals surface area contributed by atoms with Gasteiger partial charge in [0, 0.05) is 5.56 Å². The number of nitriles is 1. The van der Waals surface area contributed by atoms with Gasteiger partial charge in [-0.25, -0.2) is 5.43 Å². The van der Waals surface area contributed by atoms with Crippen molar-refractivity contribution < 1.29 is 4.79 Å². The SMILES string of the molecule is Cc1c(C(=O)N/N=C/c2c(Cl)cccc2Cl)sc(N)c1C#N. The van der Waals surface area contributed by atoms with E-state index in [1.807, 2.05) is 6.07 Å². The van der Waals surface area contributed by atoms with Crippen molar-refractivity contribution in [3.63, 3.8) is 0 Å². The molecule has 1 heterocycles. The molecule has 8 heteroatoms. The van der Waals surface area contributed by atoms with Gasteiger partial charge in [-0.05, 0) is 24.6 Å². The summed E-state index contributed by atoms with van der Waals surface area (Å²) in [4.78, 5) is 12.4. The topological polar surface area (TPSA) is 91.3 Å². The lowest BCUT2D eigenvalue weighted by Crippen LogP contribution is -2.17. The molecular weight excluding hydrogens is 343 g/mol. The second-order valence-electron chi connectivity index (χ2n) is 4.24. The fourth-order valence-corrected chi connectivity index (χ4v) is 3.14. The third-order valence-electron chi connectivity index (χ3n) is 2.85. The summed E-state index contributed by atoms with van der Waals surface area (Å²) in [5, 5.41) is 14.0. The number of nitrogens with two attached hydrogens (primary N) is 1. The number of carbonyl (C=O) groups excluding carboxylic acids is 1. The molecule has 2 aromatic rings. The van der Waals surface area contributed by atoms with E-state index in [0.29, 0.717) is 36.6 Å². The number of amides is 1. The zero-order chi connectivity index (χ0) is 16.3. The quantitative estimate of drug-likeness (QED) is 0.653. The Kier molecular flexibility index (Phi) is 5.03. The third-order valence-corrected chi connectivity index (χ3v) is 4.63. The number of thiophene rings is 1. The highest BCUT2D eigenvalue weighted by atomic mass is 35.5. The van der Waals surface area contributed by atoms with E-state index in [2.05, 4.69) is 10.5 Å². The summed E-state index contributed by atoms with van der Waals surface area (Å²) in [7, 11) is 0.